The predicted octanol–water partition coefficient (Wildman–Crippen LogP) is 4.57. The van der Waals surface area contributed by atoms with Crippen LogP contribution in [0.5, 0.6) is 5.75 Å². The van der Waals surface area contributed by atoms with Gasteiger partial charge in [-0.1, -0.05) is 24.3 Å². The number of hydrogen-bond acceptors (Lipinski definition) is 3. The van der Waals surface area contributed by atoms with Crippen LogP contribution in [0.15, 0.2) is 36.4 Å². The second-order valence-corrected chi connectivity index (χ2v) is 7.62. The summed E-state index contributed by atoms with van der Waals surface area (Å²) in [6, 6.07) is 11.9. The van der Waals surface area contributed by atoms with Crippen molar-refractivity contribution in [2.75, 3.05) is 25.5 Å². The highest BCUT2D eigenvalue weighted by Crippen LogP contribution is 2.20. The number of nitrogens with one attached hydrogen (secondary N) is 1. The van der Waals surface area contributed by atoms with E-state index in [4.69, 9.17) is 4.74 Å². The van der Waals surface area contributed by atoms with Gasteiger partial charge in [-0.3, -0.25) is 9.59 Å². The highest BCUT2D eigenvalue weighted by Gasteiger charge is 2.14. The number of rotatable bonds is 9. The zero-order chi connectivity index (χ0) is 21.4. The first-order valence-corrected chi connectivity index (χ1v) is 10.1. The van der Waals surface area contributed by atoms with Crippen molar-refractivity contribution in [3.8, 4) is 5.75 Å². The van der Waals surface area contributed by atoms with Gasteiger partial charge in [0.2, 0.25) is 11.8 Å². The first-order valence-electron chi connectivity index (χ1n) is 10.1. The summed E-state index contributed by atoms with van der Waals surface area (Å²) in [6.45, 7) is 8.66. The van der Waals surface area contributed by atoms with E-state index in [-0.39, 0.29) is 18.4 Å². The smallest absolute Gasteiger partial charge is 0.243 e. The molecule has 0 aromatic heterocycles. The Morgan fingerprint density at radius 3 is 2.52 bits per heavy atom. The fraction of sp³-hybridized carbons (Fsp3) is 0.417. The molecule has 2 rings (SSSR count). The van der Waals surface area contributed by atoms with Gasteiger partial charge in [0.25, 0.3) is 0 Å². The van der Waals surface area contributed by atoms with Crippen molar-refractivity contribution in [3.63, 3.8) is 0 Å². The lowest BCUT2D eigenvalue weighted by molar-refractivity contribution is -0.133. The third-order valence-corrected chi connectivity index (χ3v) is 5.07. The molecular weight excluding hydrogens is 364 g/mol. The van der Waals surface area contributed by atoms with Crippen LogP contribution in [-0.4, -0.2) is 36.9 Å². The van der Waals surface area contributed by atoms with Crippen LogP contribution in [0, 0.1) is 27.7 Å². The van der Waals surface area contributed by atoms with Gasteiger partial charge in [-0.15, -0.1) is 0 Å². The molecule has 5 heteroatoms. The molecule has 0 atom stereocenters. The summed E-state index contributed by atoms with van der Waals surface area (Å²) in [5.74, 6) is 0.678. The Morgan fingerprint density at radius 1 is 1.00 bits per heavy atom. The highest BCUT2D eigenvalue weighted by atomic mass is 16.5. The van der Waals surface area contributed by atoms with Crippen LogP contribution in [0.4, 0.5) is 5.69 Å². The molecule has 5 nitrogen and oxygen atoms in total. The summed E-state index contributed by atoms with van der Waals surface area (Å²) < 4.78 is 5.82. The van der Waals surface area contributed by atoms with Crippen molar-refractivity contribution in [1.29, 1.82) is 0 Å². The van der Waals surface area contributed by atoms with Gasteiger partial charge in [0.15, 0.2) is 0 Å². The van der Waals surface area contributed by atoms with Crippen LogP contribution in [0.1, 0.15) is 41.5 Å². The third-order valence-electron chi connectivity index (χ3n) is 5.07. The SMILES string of the molecule is Cc1ccc(C)c(OCCCCC(=O)N(C)CC(=O)Nc2cccc(C)c2C)c1. The molecule has 0 saturated heterocycles. The molecular formula is C24H32N2O3. The molecule has 0 spiro atoms. The monoisotopic (exact) mass is 396 g/mol. The van der Waals surface area contributed by atoms with Crippen LogP contribution in [0.25, 0.3) is 0 Å². The predicted molar refractivity (Wildman–Crippen MR) is 117 cm³/mol. The third kappa shape index (κ3) is 6.93. The molecule has 0 bridgehead atoms. The van der Waals surface area contributed by atoms with Gasteiger partial charge in [0, 0.05) is 19.2 Å². The number of unbranched alkanes of at least 4 members (excludes halogenated alkanes) is 1. The number of carbonyl (C=O) groups excluding carboxylic acids is 2. The first-order chi connectivity index (χ1) is 13.8. The Hall–Kier alpha value is -2.82. The molecule has 2 aromatic rings. The van der Waals surface area contributed by atoms with E-state index in [1.165, 1.54) is 10.5 Å². The molecule has 2 amide bonds. The molecule has 0 fully saturated rings. The van der Waals surface area contributed by atoms with E-state index in [2.05, 4.69) is 11.4 Å². The Kier molecular flexibility index (Phi) is 8.25. The summed E-state index contributed by atoms with van der Waals surface area (Å²) in [5.41, 5.74) is 5.23. The number of likely N-dealkylation sites (N-methyl/N-ethyl adjacent to an activating group) is 1. The van der Waals surface area contributed by atoms with Crippen molar-refractivity contribution >= 4 is 17.5 Å². The lowest BCUT2D eigenvalue weighted by Crippen LogP contribution is -2.35. The molecule has 29 heavy (non-hydrogen) atoms. The van der Waals surface area contributed by atoms with Crippen LogP contribution < -0.4 is 10.1 Å². The number of ether oxygens (including phenoxy) is 1. The van der Waals surface area contributed by atoms with Gasteiger partial charge < -0.3 is 15.0 Å². The summed E-state index contributed by atoms with van der Waals surface area (Å²) in [7, 11) is 1.66. The van der Waals surface area contributed by atoms with Crippen molar-refractivity contribution in [3.05, 3.63) is 58.7 Å². The van der Waals surface area contributed by atoms with Crippen molar-refractivity contribution in [2.45, 2.75) is 47.0 Å². The maximum Gasteiger partial charge on any atom is 0.243 e. The number of benzene rings is 2. The number of nitrogens with zero attached hydrogens (tertiary/aromatic N) is 1. The largest absolute Gasteiger partial charge is 0.493 e. The van der Waals surface area contributed by atoms with Crippen molar-refractivity contribution < 1.29 is 14.3 Å². The van der Waals surface area contributed by atoms with Crippen LogP contribution in [-0.2, 0) is 9.59 Å². The molecule has 0 aliphatic rings. The lowest BCUT2D eigenvalue weighted by Gasteiger charge is -2.18. The Bertz CT molecular complexity index is 861. The average Bonchev–Trinajstić information content (AvgIpc) is 2.67. The zero-order valence-corrected chi connectivity index (χ0v) is 18.2. The second-order valence-electron chi connectivity index (χ2n) is 7.62. The van der Waals surface area contributed by atoms with Gasteiger partial charge in [-0.2, -0.15) is 0 Å². The minimum Gasteiger partial charge on any atom is -0.493 e. The number of aryl methyl sites for hydroxylation is 3. The molecule has 0 unspecified atom stereocenters. The zero-order valence-electron chi connectivity index (χ0n) is 18.2. The normalized spacial score (nSPS) is 10.5. The number of anilines is 1. The summed E-state index contributed by atoms with van der Waals surface area (Å²) in [4.78, 5) is 26.0. The van der Waals surface area contributed by atoms with Gasteiger partial charge in [0.05, 0.1) is 13.2 Å². The maximum atomic E-state index is 12.3. The van der Waals surface area contributed by atoms with E-state index in [0.29, 0.717) is 13.0 Å². The number of hydrogen-bond donors (Lipinski definition) is 1. The lowest BCUT2D eigenvalue weighted by atomic mass is 10.1. The molecule has 2 aromatic carbocycles. The summed E-state index contributed by atoms with van der Waals surface area (Å²) in [6.07, 6.45) is 1.93. The molecule has 0 heterocycles. The van der Waals surface area contributed by atoms with E-state index in [0.717, 1.165) is 41.0 Å². The van der Waals surface area contributed by atoms with Gasteiger partial charge in [-0.05, 0) is 74.9 Å². The van der Waals surface area contributed by atoms with Gasteiger partial charge in [0.1, 0.15) is 5.75 Å². The van der Waals surface area contributed by atoms with Crippen molar-refractivity contribution in [1.82, 2.24) is 4.90 Å². The van der Waals surface area contributed by atoms with Gasteiger partial charge in [-0.25, -0.2) is 0 Å². The van der Waals surface area contributed by atoms with E-state index < -0.39 is 0 Å². The molecule has 0 aliphatic heterocycles. The van der Waals surface area contributed by atoms with Crippen molar-refractivity contribution in [2.24, 2.45) is 0 Å². The Balaban J connectivity index is 1.70. The molecule has 0 saturated carbocycles. The standard InChI is InChI=1S/C24H32N2O3/c1-17-12-13-19(3)22(15-17)29-14-7-6-11-24(28)26(5)16-23(27)25-21-10-8-9-18(2)20(21)4/h8-10,12-13,15H,6-7,11,14,16H2,1-5H3,(H,25,27). The molecule has 1 N–H and O–H groups in total. The molecule has 0 radical (unpaired) electrons. The molecule has 0 aliphatic carbocycles. The van der Waals surface area contributed by atoms with E-state index >= 15 is 0 Å². The average molecular weight is 397 g/mol. The van der Waals surface area contributed by atoms with Gasteiger partial charge >= 0.3 is 0 Å². The summed E-state index contributed by atoms with van der Waals surface area (Å²) in [5, 5.41) is 2.89. The summed E-state index contributed by atoms with van der Waals surface area (Å²) >= 11 is 0. The highest BCUT2D eigenvalue weighted by molar-refractivity contribution is 5.95. The van der Waals surface area contributed by atoms with Crippen LogP contribution >= 0.6 is 0 Å². The van der Waals surface area contributed by atoms with Crippen LogP contribution in [0.2, 0.25) is 0 Å². The first kappa shape index (κ1) is 22.5. The topological polar surface area (TPSA) is 58.6 Å². The quantitative estimate of drug-likeness (QED) is 0.632. The van der Waals surface area contributed by atoms with E-state index in [9.17, 15) is 9.59 Å². The molecule has 156 valence electrons. The van der Waals surface area contributed by atoms with E-state index in [1.54, 1.807) is 7.05 Å². The number of amides is 2. The maximum absolute atomic E-state index is 12.3. The minimum atomic E-state index is -0.187. The fourth-order valence-corrected chi connectivity index (χ4v) is 2.99. The minimum absolute atomic E-state index is 0.0344. The second kappa shape index (κ2) is 10.6. The Labute approximate surface area is 174 Å². The van der Waals surface area contributed by atoms with E-state index in [1.807, 2.05) is 58.0 Å². The Morgan fingerprint density at radius 2 is 1.76 bits per heavy atom. The fourth-order valence-electron chi connectivity index (χ4n) is 2.99. The number of carbonyl (C=O) groups is 2. The van der Waals surface area contributed by atoms with Crippen LogP contribution in [0.3, 0.4) is 0 Å².